The lowest BCUT2D eigenvalue weighted by Crippen LogP contribution is -2.59. The van der Waals surface area contributed by atoms with Crippen molar-refractivity contribution in [2.45, 2.75) is 18.0 Å². The molecule has 0 saturated carbocycles. The molecule has 0 fully saturated rings. The Morgan fingerprint density at radius 3 is 2.89 bits per heavy atom. The van der Waals surface area contributed by atoms with Crippen molar-refractivity contribution >= 4 is 44.4 Å². The van der Waals surface area contributed by atoms with Crippen LogP contribution in [-0.2, 0) is 26.3 Å². The molecule has 2 atom stereocenters. The first-order valence-corrected chi connectivity index (χ1v) is 9.41. The summed E-state index contributed by atoms with van der Waals surface area (Å²) >= 11 is 3.50. The lowest BCUT2D eigenvalue weighted by molar-refractivity contribution is -0.144. The van der Waals surface area contributed by atoms with E-state index in [1.807, 2.05) is 42.5 Å². The first kappa shape index (κ1) is 16.5. The first-order chi connectivity index (χ1) is 13.0. The third-order valence-electron chi connectivity index (χ3n) is 5.45. The monoisotopic (exact) mass is 425 g/mol. The molecule has 136 valence electrons. The maximum atomic E-state index is 13.3. The zero-order valence-corrected chi connectivity index (χ0v) is 16.0. The van der Waals surface area contributed by atoms with Gasteiger partial charge in [0.25, 0.3) is 5.91 Å². The number of carbonyl (C=O) groups excluding carboxylic acids is 2. The maximum absolute atomic E-state index is 13.3. The number of hydrogen-bond acceptors (Lipinski definition) is 4. The van der Waals surface area contributed by atoms with Gasteiger partial charge in [-0.15, -0.1) is 0 Å². The number of H-pyrrole nitrogens is 1. The number of aromatic nitrogens is 1. The highest BCUT2D eigenvalue weighted by molar-refractivity contribution is 9.10. The molecule has 3 aromatic rings. The summed E-state index contributed by atoms with van der Waals surface area (Å²) in [6.45, 7) is 0. The van der Waals surface area contributed by atoms with Gasteiger partial charge in [-0.1, -0.05) is 34.1 Å². The standard InChI is InChI=1S/C20H16BrN3O3/c1-27-18(25)16-9-12-11-4-2-3-5-14(11)22-17(12)20(24-16)13-8-10(21)6-7-15(13)23-19(20)26/h2-8,16,22,24H,9H2,1H3,(H,23,26)/t16?,20-/m0/s1. The number of fused-ring (bicyclic) bond motifs is 6. The fourth-order valence-corrected chi connectivity index (χ4v) is 4.63. The summed E-state index contributed by atoms with van der Waals surface area (Å²) in [6.07, 6.45) is 0.449. The summed E-state index contributed by atoms with van der Waals surface area (Å²) in [4.78, 5) is 29.1. The van der Waals surface area contributed by atoms with E-state index >= 15 is 0 Å². The summed E-state index contributed by atoms with van der Waals surface area (Å²) in [7, 11) is 1.36. The molecular weight excluding hydrogens is 410 g/mol. The number of amides is 1. The van der Waals surface area contributed by atoms with Crippen molar-refractivity contribution in [1.82, 2.24) is 10.3 Å². The van der Waals surface area contributed by atoms with Gasteiger partial charge in [0, 0.05) is 33.0 Å². The minimum Gasteiger partial charge on any atom is -0.468 e. The zero-order valence-electron chi connectivity index (χ0n) is 14.4. The van der Waals surface area contributed by atoms with Crippen molar-refractivity contribution in [1.29, 1.82) is 0 Å². The number of aromatic amines is 1. The molecule has 2 aliphatic heterocycles. The van der Waals surface area contributed by atoms with Crippen molar-refractivity contribution in [2.24, 2.45) is 0 Å². The largest absolute Gasteiger partial charge is 0.468 e. The van der Waals surface area contributed by atoms with Crippen molar-refractivity contribution < 1.29 is 14.3 Å². The smallest absolute Gasteiger partial charge is 0.323 e. The predicted octanol–water partition coefficient (Wildman–Crippen LogP) is 2.81. The SMILES string of the molecule is COC(=O)C1Cc2c([nH]c3ccccc23)[C@]2(N1)C(=O)Nc1ccc(Br)cc12. The number of carbonyl (C=O) groups is 2. The van der Waals surface area contributed by atoms with E-state index in [1.165, 1.54) is 7.11 Å². The van der Waals surface area contributed by atoms with Crippen LogP contribution in [-0.4, -0.2) is 30.0 Å². The summed E-state index contributed by atoms with van der Waals surface area (Å²) < 4.78 is 5.85. The Morgan fingerprint density at radius 1 is 1.26 bits per heavy atom. The van der Waals surface area contributed by atoms with E-state index in [2.05, 4.69) is 31.5 Å². The van der Waals surface area contributed by atoms with Gasteiger partial charge in [0.05, 0.1) is 12.8 Å². The Labute approximate surface area is 163 Å². The number of para-hydroxylation sites is 1. The molecule has 0 saturated heterocycles. The van der Waals surface area contributed by atoms with Gasteiger partial charge < -0.3 is 15.0 Å². The van der Waals surface area contributed by atoms with Crippen LogP contribution in [0.15, 0.2) is 46.9 Å². The molecule has 1 aromatic heterocycles. The second-order valence-electron chi connectivity index (χ2n) is 6.84. The Bertz CT molecular complexity index is 1120. The van der Waals surface area contributed by atoms with Crippen LogP contribution < -0.4 is 10.6 Å². The third kappa shape index (κ3) is 2.15. The molecule has 2 aromatic carbocycles. The maximum Gasteiger partial charge on any atom is 0.323 e. The normalized spacial score (nSPS) is 23.2. The van der Waals surface area contributed by atoms with Crippen molar-refractivity contribution in [3.05, 3.63) is 63.8 Å². The summed E-state index contributed by atoms with van der Waals surface area (Å²) in [6, 6.07) is 12.9. The molecule has 27 heavy (non-hydrogen) atoms. The number of hydrogen-bond donors (Lipinski definition) is 3. The molecule has 1 spiro atoms. The topological polar surface area (TPSA) is 83.2 Å². The van der Waals surface area contributed by atoms with Crippen LogP contribution in [0.25, 0.3) is 10.9 Å². The van der Waals surface area contributed by atoms with E-state index in [1.54, 1.807) is 0 Å². The number of ether oxygens (including phenoxy) is 1. The molecule has 3 N–H and O–H groups in total. The molecule has 6 nitrogen and oxygen atoms in total. The quantitative estimate of drug-likeness (QED) is 0.523. The van der Waals surface area contributed by atoms with Gasteiger partial charge in [0.2, 0.25) is 0 Å². The van der Waals surface area contributed by atoms with Gasteiger partial charge in [-0.3, -0.25) is 14.9 Å². The Balaban J connectivity index is 1.84. The highest BCUT2D eigenvalue weighted by Gasteiger charge is 2.55. The van der Waals surface area contributed by atoms with Crippen LogP contribution in [0.5, 0.6) is 0 Å². The van der Waals surface area contributed by atoms with E-state index in [-0.39, 0.29) is 11.9 Å². The average Bonchev–Trinajstić information content (AvgIpc) is 3.18. The molecule has 7 heteroatoms. The van der Waals surface area contributed by atoms with Crippen LogP contribution in [0.4, 0.5) is 5.69 Å². The molecular formula is C20H16BrN3O3. The first-order valence-electron chi connectivity index (χ1n) is 8.61. The summed E-state index contributed by atoms with van der Waals surface area (Å²) in [5.74, 6) is -0.599. The highest BCUT2D eigenvalue weighted by atomic mass is 79.9. The van der Waals surface area contributed by atoms with Gasteiger partial charge in [-0.05, 0) is 29.8 Å². The van der Waals surface area contributed by atoms with Crippen LogP contribution in [0, 0.1) is 0 Å². The van der Waals surface area contributed by atoms with E-state index < -0.39 is 11.6 Å². The van der Waals surface area contributed by atoms with Crippen LogP contribution >= 0.6 is 15.9 Å². The molecule has 2 aliphatic rings. The summed E-state index contributed by atoms with van der Waals surface area (Å²) in [5.41, 5.74) is 3.00. The fourth-order valence-electron chi connectivity index (χ4n) is 4.27. The molecule has 1 amide bonds. The van der Waals surface area contributed by atoms with Gasteiger partial charge in [-0.25, -0.2) is 0 Å². The fraction of sp³-hybridized carbons (Fsp3) is 0.200. The second-order valence-corrected chi connectivity index (χ2v) is 7.76. The van der Waals surface area contributed by atoms with Crippen molar-refractivity contribution in [3.8, 4) is 0 Å². The minimum absolute atomic E-state index is 0.211. The van der Waals surface area contributed by atoms with Gasteiger partial charge in [0.1, 0.15) is 6.04 Å². The third-order valence-corrected chi connectivity index (χ3v) is 5.94. The van der Waals surface area contributed by atoms with Crippen LogP contribution in [0.2, 0.25) is 0 Å². The van der Waals surface area contributed by atoms with Gasteiger partial charge in [0.15, 0.2) is 5.54 Å². The second kappa shape index (κ2) is 5.68. The average molecular weight is 426 g/mol. The zero-order chi connectivity index (χ0) is 18.8. The number of benzene rings is 2. The number of rotatable bonds is 1. The van der Waals surface area contributed by atoms with Crippen LogP contribution in [0.1, 0.15) is 16.8 Å². The molecule has 0 aliphatic carbocycles. The number of anilines is 1. The molecule has 3 heterocycles. The van der Waals surface area contributed by atoms with E-state index in [0.29, 0.717) is 6.42 Å². The lowest BCUT2D eigenvalue weighted by Gasteiger charge is -2.37. The van der Waals surface area contributed by atoms with Gasteiger partial charge in [-0.2, -0.15) is 0 Å². The molecule has 5 rings (SSSR count). The number of nitrogens with one attached hydrogen (secondary N) is 3. The number of esters is 1. The van der Waals surface area contributed by atoms with Gasteiger partial charge >= 0.3 is 5.97 Å². The Kier molecular flexibility index (Phi) is 3.47. The van der Waals surface area contributed by atoms with Crippen LogP contribution in [0.3, 0.4) is 0 Å². The molecule has 0 radical (unpaired) electrons. The predicted molar refractivity (Wildman–Crippen MR) is 104 cm³/mol. The van der Waals surface area contributed by atoms with Crippen molar-refractivity contribution in [3.63, 3.8) is 0 Å². The number of methoxy groups -OCH3 is 1. The number of halogens is 1. The minimum atomic E-state index is -1.18. The highest BCUT2D eigenvalue weighted by Crippen LogP contribution is 2.47. The Hall–Kier alpha value is -2.64. The lowest BCUT2D eigenvalue weighted by atomic mass is 9.79. The molecule has 0 bridgehead atoms. The Morgan fingerprint density at radius 2 is 2.07 bits per heavy atom. The summed E-state index contributed by atoms with van der Waals surface area (Å²) in [5, 5.41) is 7.26. The van der Waals surface area contributed by atoms with E-state index in [9.17, 15) is 9.59 Å². The van der Waals surface area contributed by atoms with Crippen molar-refractivity contribution in [2.75, 3.05) is 12.4 Å². The van der Waals surface area contributed by atoms with E-state index in [4.69, 9.17) is 4.74 Å². The van der Waals surface area contributed by atoms with E-state index in [0.717, 1.165) is 37.9 Å². The molecule has 1 unspecified atom stereocenters.